The minimum atomic E-state index is -4.67. The first-order valence-corrected chi connectivity index (χ1v) is 21.7. The summed E-state index contributed by atoms with van der Waals surface area (Å²) in [4.78, 5) is 30.5. The molecule has 0 aliphatic heterocycles. The maximum absolute atomic E-state index is 12.4. The van der Waals surface area contributed by atoms with Crippen LogP contribution in [0.2, 0.25) is 0 Å². The lowest BCUT2D eigenvalue weighted by Gasteiger charge is -2.18. The number of hydrogen-bond donors (Lipinski definition) is 2. The van der Waals surface area contributed by atoms with Gasteiger partial charge in [0.25, 0.3) is 0 Å². The molecule has 0 amide bonds. The van der Waals surface area contributed by atoms with Crippen LogP contribution >= 0.6 is 7.82 Å². The summed E-state index contributed by atoms with van der Waals surface area (Å²) in [5.74, 6) is -0.392. The van der Waals surface area contributed by atoms with Gasteiger partial charge in [-0.1, -0.05) is 167 Å². The van der Waals surface area contributed by atoms with Crippen molar-refractivity contribution in [2.45, 2.75) is 213 Å². The highest BCUT2D eigenvalue weighted by Crippen LogP contribution is 2.36. The number of carbonyl (C=O) groups is 1. The van der Waals surface area contributed by atoms with Crippen LogP contribution in [0.4, 0.5) is 0 Å². The Morgan fingerprint density at radius 1 is 0.542 bits per heavy atom. The van der Waals surface area contributed by atoms with Gasteiger partial charge in [0.1, 0.15) is 6.61 Å². The van der Waals surface area contributed by atoms with Gasteiger partial charge in [0.2, 0.25) is 0 Å². The highest BCUT2D eigenvalue weighted by atomic mass is 31.2. The Hall–Kier alpha value is -1.14. The van der Waals surface area contributed by atoms with Crippen molar-refractivity contribution in [1.29, 1.82) is 0 Å². The van der Waals surface area contributed by atoms with E-state index in [1.165, 1.54) is 141 Å². The molecule has 0 aromatic carbocycles. The monoisotopic (exact) mass is 701 g/mol. The van der Waals surface area contributed by atoms with Crippen molar-refractivity contribution < 1.29 is 33.1 Å². The van der Waals surface area contributed by atoms with Crippen LogP contribution in [0.15, 0.2) is 24.5 Å². The summed E-state index contributed by atoms with van der Waals surface area (Å²) in [6.07, 6.45) is 44.0. The SMILES string of the molecule is CCCCCCC/C=C\CCCCCCCC(=O)O[C@H](CO/C=C\CCCCCCCCCCCCCCCCCC)COP(=O)(O)O. The number of rotatable bonds is 38. The molecule has 0 bridgehead atoms. The molecule has 0 aromatic rings. The molecule has 8 heteroatoms. The smallest absolute Gasteiger partial charge is 0.469 e. The van der Waals surface area contributed by atoms with E-state index in [-0.39, 0.29) is 13.0 Å². The van der Waals surface area contributed by atoms with Gasteiger partial charge in [0.05, 0.1) is 12.9 Å². The molecule has 0 aromatic heterocycles. The largest absolute Gasteiger partial charge is 0.498 e. The van der Waals surface area contributed by atoms with E-state index in [1.54, 1.807) is 6.26 Å². The Morgan fingerprint density at radius 2 is 0.917 bits per heavy atom. The summed E-state index contributed by atoms with van der Waals surface area (Å²) in [7, 11) is -4.67. The predicted octanol–water partition coefficient (Wildman–Crippen LogP) is 12.8. The molecule has 7 nitrogen and oxygen atoms in total. The van der Waals surface area contributed by atoms with Crippen molar-refractivity contribution in [2.75, 3.05) is 13.2 Å². The first kappa shape index (κ1) is 46.9. The highest BCUT2D eigenvalue weighted by Gasteiger charge is 2.21. The zero-order chi connectivity index (χ0) is 35.2. The van der Waals surface area contributed by atoms with E-state index < -0.39 is 26.5 Å². The molecule has 0 unspecified atom stereocenters. The zero-order valence-electron chi connectivity index (χ0n) is 31.4. The number of hydrogen-bond acceptors (Lipinski definition) is 5. The molecule has 0 spiro atoms. The lowest BCUT2D eigenvalue weighted by molar-refractivity contribution is -0.153. The van der Waals surface area contributed by atoms with E-state index in [0.717, 1.165) is 44.9 Å². The molecule has 0 aliphatic rings. The summed E-state index contributed by atoms with van der Waals surface area (Å²) in [6, 6.07) is 0. The van der Waals surface area contributed by atoms with Gasteiger partial charge in [0, 0.05) is 6.42 Å². The van der Waals surface area contributed by atoms with Crippen LogP contribution in [0, 0.1) is 0 Å². The Bertz CT molecular complexity index is 780. The molecule has 48 heavy (non-hydrogen) atoms. The van der Waals surface area contributed by atoms with E-state index in [9.17, 15) is 9.36 Å². The van der Waals surface area contributed by atoms with Crippen LogP contribution in [0.25, 0.3) is 0 Å². The van der Waals surface area contributed by atoms with Crippen LogP contribution in [0.5, 0.6) is 0 Å². The molecule has 0 rings (SSSR count). The Morgan fingerprint density at radius 3 is 1.33 bits per heavy atom. The van der Waals surface area contributed by atoms with Gasteiger partial charge in [-0.15, -0.1) is 0 Å². The zero-order valence-corrected chi connectivity index (χ0v) is 32.3. The molecule has 1 atom stereocenters. The minimum Gasteiger partial charge on any atom is -0.498 e. The highest BCUT2D eigenvalue weighted by molar-refractivity contribution is 7.46. The van der Waals surface area contributed by atoms with Crippen molar-refractivity contribution in [3.8, 4) is 0 Å². The van der Waals surface area contributed by atoms with Crippen LogP contribution < -0.4 is 0 Å². The molecular weight excluding hydrogens is 623 g/mol. The summed E-state index contributed by atoms with van der Waals surface area (Å²) in [5.41, 5.74) is 0. The van der Waals surface area contributed by atoms with Gasteiger partial charge in [-0.2, -0.15) is 0 Å². The number of allylic oxidation sites excluding steroid dienone is 3. The number of phosphoric ester groups is 1. The van der Waals surface area contributed by atoms with Gasteiger partial charge in [-0.25, -0.2) is 4.57 Å². The van der Waals surface area contributed by atoms with Crippen LogP contribution in [-0.4, -0.2) is 35.1 Å². The van der Waals surface area contributed by atoms with E-state index in [2.05, 4.69) is 30.5 Å². The molecule has 2 N–H and O–H groups in total. The third kappa shape index (κ3) is 39.3. The summed E-state index contributed by atoms with van der Waals surface area (Å²) in [6.45, 7) is 4.10. The van der Waals surface area contributed by atoms with Gasteiger partial charge in [-0.05, 0) is 51.0 Å². The minimum absolute atomic E-state index is 0.00649. The lowest BCUT2D eigenvalue weighted by Crippen LogP contribution is -2.27. The molecule has 284 valence electrons. The first-order chi connectivity index (χ1) is 23.4. The maximum atomic E-state index is 12.4. The van der Waals surface area contributed by atoms with Crippen molar-refractivity contribution in [3.05, 3.63) is 24.5 Å². The van der Waals surface area contributed by atoms with Crippen molar-refractivity contribution in [2.24, 2.45) is 0 Å². The average Bonchev–Trinajstić information content (AvgIpc) is 3.06. The summed E-state index contributed by atoms with van der Waals surface area (Å²) in [5, 5.41) is 0. The first-order valence-electron chi connectivity index (χ1n) is 20.2. The second-order valence-electron chi connectivity index (χ2n) is 13.7. The summed E-state index contributed by atoms with van der Waals surface area (Å²) >= 11 is 0. The van der Waals surface area contributed by atoms with Crippen molar-refractivity contribution in [3.63, 3.8) is 0 Å². The number of unbranched alkanes of at least 4 members (excludes halogenated alkanes) is 26. The molecule has 0 saturated heterocycles. The van der Waals surface area contributed by atoms with Crippen LogP contribution in [0.3, 0.4) is 0 Å². The van der Waals surface area contributed by atoms with Crippen LogP contribution in [-0.2, 0) is 23.4 Å². The lowest BCUT2D eigenvalue weighted by atomic mass is 10.0. The quantitative estimate of drug-likeness (QED) is 0.0217. The molecule has 0 aliphatic carbocycles. The average molecular weight is 701 g/mol. The fourth-order valence-electron chi connectivity index (χ4n) is 5.81. The van der Waals surface area contributed by atoms with Gasteiger partial charge in [0.15, 0.2) is 6.10 Å². The number of ether oxygens (including phenoxy) is 2. The third-order valence-corrected chi connectivity index (χ3v) is 9.30. The van der Waals surface area contributed by atoms with E-state index in [0.29, 0.717) is 0 Å². The van der Waals surface area contributed by atoms with Crippen molar-refractivity contribution in [1.82, 2.24) is 0 Å². The van der Waals surface area contributed by atoms with E-state index >= 15 is 0 Å². The predicted molar refractivity (Wildman–Crippen MR) is 202 cm³/mol. The van der Waals surface area contributed by atoms with Gasteiger partial charge >= 0.3 is 13.8 Å². The molecule has 0 fully saturated rings. The second-order valence-corrected chi connectivity index (χ2v) is 14.9. The summed E-state index contributed by atoms with van der Waals surface area (Å²) < 4.78 is 26.7. The third-order valence-electron chi connectivity index (χ3n) is 8.82. The van der Waals surface area contributed by atoms with E-state index in [4.69, 9.17) is 19.3 Å². The molecule has 0 radical (unpaired) electrons. The number of carbonyl (C=O) groups excluding carboxylic acids is 1. The van der Waals surface area contributed by atoms with Crippen molar-refractivity contribution >= 4 is 13.8 Å². The molecule has 0 saturated carbocycles. The maximum Gasteiger partial charge on any atom is 0.469 e. The van der Waals surface area contributed by atoms with E-state index in [1.807, 2.05) is 6.08 Å². The van der Waals surface area contributed by atoms with Gasteiger partial charge < -0.3 is 19.3 Å². The second kappa shape index (κ2) is 37.1. The molecular formula is C40H77O7P. The van der Waals surface area contributed by atoms with Gasteiger partial charge in [-0.3, -0.25) is 9.32 Å². The number of phosphoric acid groups is 1. The van der Waals surface area contributed by atoms with Crippen LogP contribution in [0.1, 0.15) is 206 Å². The molecule has 0 heterocycles. The Kier molecular flexibility index (Phi) is 36.2. The fourth-order valence-corrected chi connectivity index (χ4v) is 6.17. The Balaban J connectivity index is 3.84. The number of esters is 1. The Labute approximate surface area is 296 Å². The standard InChI is InChI=1S/C40H77O7P/c1-3-5-7-9-11-13-15-17-19-20-21-22-24-26-28-30-32-34-36-45-37-39(38-46-48(42,43)44)47-40(41)35-33-31-29-27-25-23-18-16-14-12-10-8-6-4-2/h16,18,34,36,39H,3-15,17,19-33,35,37-38H2,1-2H3,(H2,42,43,44)/b18-16-,36-34-/t39-/m1/s1. The normalized spacial score (nSPS) is 12.8. The topological polar surface area (TPSA) is 102 Å². The fraction of sp³-hybridized carbons (Fsp3) is 0.875.